The summed E-state index contributed by atoms with van der Waals surface area (Å²) in [5.41, 5.74) is 2.70. The normalized spacial score (nSPS) is 38.3. The van der Waals surface area contributed by atoms with Crippen LogP contribution in [0.4, 0.5) is 0 Å². The molecule has 0 bridgehead atoms. The lowest BCUT2D eigenvalue weighted by atomic mass is 10.3. The van der Waals surface area contributed by atoms with Crippen molar-refractivity contribution < 1.29 is 0 Å². The van der Waals surface area contributed by atoms with Crippen LogP contribution in [0.3, 0.4) is 0 Å². The van der Waals surface area contributed by atoms with Crippen LogP contribution in [0.1, 0.15) is 6.92 Å². The molecular weight excluding hydrogens is 156 g/mol. The van der Waals surface area contributed by atoms with Gasteiger partial charge in [-0.05, 0) is 0 Å². The van der Waals surface area contributed by atoms with Gasteiger partial charge in [0.25, 0.3) is 0 Å². The molecule has 52 valence electrons. The number of halogens is 1. The van der Waals surface area contributed by atoms with Crippen molar-refractivity contribution in [2.75, 3.05) is 7.05 Å². The molecule has 1 aliphatic heterocycles. The van der Waals surface area contributed by atoms with Gasteiger partial charge in [0.15, 0.2) is 0 Å². The van der Waals surface area contributed by atoms with Gasteiger partial charge in [-0.15, -0.1) is 23.4 Å². The molecule has 0 saturated carbocycles. The lowest BCUT2D eigenvalue weighted by Crippen LogP contribution is -2.35. The smallest absolute Gasteiger partial charge is 0.112 e. The summed E-state index contributed by atoms with van der Waals surface area (Å²) in [5.74, 6) is 0. The fourth-order valence-electron chi connectivity index (χ4n) is 0.642. The number of thioether (sulfide) groups is 1. The van der Waals surface area contributed by atoms with Crippen molar-refractivity contribution in [2.24, 2.45) is 5.10 Å². The maximum atomic E-state index is 5.85. The number of hydrogen-bond acceptors (Lipinski definition) is 3. The number of rotatable bonds is 1. The van der Waals surface area contributed by atoms with Crippen LogP contribution in [0.5, 0.6) is 0 Å². The Kier molecular flexibility index (Phi) is 2.24. The molecule has 0 aromatic rings. The first-order valence-corrected chi connectivity index (χ1v) is 4.12. The van der Waals surface area contributed by atoms with Crippen molar-refractivity contribution in [3.63, 3.8) is 0 Å². The van der Waals surface area contributed by atoms with E-state index in [1.54, 1.807) is 18.8 Å². The van der Waals surface area contributed by atoms with E-state index in [1.807, 2.05) is 0 Å². The molecular formula is C5H9ClN2S. The molecule has 0 aromatic heterocycles. The Morgan fingerprint density at radius 1 is 1.78 bits per heavy atom. The monoisotopic (exact) mass is 164 g/mol. The minimum Gasteiger partial charge on any atom is -0.312 e. The third-order valence-corrected chi connectivity index (χ3v) is 3.27. The number of hydrogen-bond donors (Lipinski definition) is 1. The number of nitrogens with zero attached hydrogens (tertiary/aromatic N) is 1. The molecule has 0 aliphatic carbocycles. The van der Waals surface area contributed by atoms with E-state index in [-0.39, 0.29) is 5.38 Å². The standard InChI is InChI=1S/C5H9ClN2S/c1-3-4(6)5(9-3)8-7-2/h3-4,7H,1-2H3/b8-5+/t3?,4-/m0/s1. The molecule has 0 spiro atoms. The zero-order valence-corrected chi connectivity index (χ0v) is 6.96. The van der Waals surface area contributed by atoms with Gasteiger partial charge in [0.05, 0.1) is 5.38 Å². The lowest BCUT2D eigenvalue weighted by molar-refractivity contribution is 0.881. The highest BCUT2D eigenvalue weighted by atomic mass is 35.5. The van der Waals surface area contributed by atoms with E-state index in [4.69, 9.17) is 11.6 Å². The van der Waals surface area contributed by atoms with Crippen molar-refractivity contribution in [3.05, 3.63) is 0 Å². The van der Waals surface area contributed by atoms with E-state index >= 15 is 0 Å². The lowest BCUT2D eigenvalue weighted by Gasteiger charge is -2.28. The van der Waals surface area contributed by atoms with Crippen molar-refractivity contribution >= 4 is 28.4 Å². The zero-order chi connectivity index (χ0) is 6.85. The average Bonchev–Trinajstić information content (AvgIpc) is 1.88. The van der Waals surface area contributed by atoms with Crippen LogP contribution in [0, 0.1) is 0 Å². The molecule has 1 N–H and O–H groups in total. The first-order valence-electron chi connectivity index (χ1n) is 2.80. The Morgan fingerprint density at radius 2 is 2.44 bits per heavy atom. The fraction of sp³-hybridized carbons (Fsp3) is 0.800. The minimum absolute atomic E-state index is 0.141. The maximum Gasteiger partial charge on any atom is 0.112 e. The molecule has 0 radical (unpaired) electrons. The quantitative estimate of drug-likeness (QED) is 0.466. The molecule has 4 heteroatoms. The van der Waals surface area contributed by atoms with Gasteiger partial charge in [0, 0.05) is 12.3 Å². The summed E-state index contributed by atoms with van der Waals surface area (Å²) in [6.07, 6.45) is 0. The highest BCUT2D eigenvalue weighted by Gasteiger charge is 2.33. The third kappa shape index (κ3) is 1.33. The van der Waals surface area contributed by atoms with E-state index < -0.39 is 0 Å². The van der Waals surface area contributed by atoms with Crippen LogP contribution in [0.15, 0.2) is 5.10 Å². The SMILES string of the molecule is CN/N=C1/SC(C)[C@@H]1Cl. The van der Waals surface area contributed by atoms with Crippen molar-refractivity contribution in [2.45, 2.75) is 17.6 Å². The van der Waals surface area contributed by atoms with Crippen LogP contribution < -0.4 is 5.43 Å². The Bertz CT molecular complexity index is 137. The van der Waals surface area contributed by atoms with Gasteiger partial charge in [-0.3, -0.25) is 0 Å². The molecule has 1 fully saturated rings. The predicted molar refractivity (Wildman–Crippen MR) is 43.2 cm³/mol. The van der Waals surface area contributed by atoms with Crippen LogP contribution in [0.2, 0.25) is 0 Å². The molecule has 2 nitrogen and oxygen atoms in total. The van der Waals surface area contributed by atoms with Crippen LogP contribution in [-0.4, -0.2) is 22.7 Å². The summed E-state index contributed by atoms with van der Waals surface area (Å²) >= 11 is 7.57. The predicted octanol–water partition coefficient (Wildman–Crippen LogP) is 1.26. The van der Waals surface area contributed by atoms with Gasteiger partial charge < -0.3 is 5.43 Å². The zero-order valence-electron chi connectivity index (χ0n) is 5.39. The molecule has 9 heavy (non-hydrogen) atoms. The highest BCUT2D eigenvalue weighted by Crippen LogP contribution is 2.35. The van der Waals surface area contributed by atoms with E-state index in [0.717, 1.165) is 5.04 Å². The molecule has 0 aromatic carbocycles. The maximum absolute atomic E-state index is 5.85. The second kappa shape index (κ2) is 2.80. The molecule has 1 saturated heterocycles. The van der Waals surface area contributed by atoms with E-state index in [0.29, 0.717) is 5.25 Å². The molecule has 1 heterocycles. The largest absolute Gasteiger partial charge is 0.312 e. The second-order valence-corrected chi connectivity index (χ2v) is 3.77. The van der Waals surface area contributed by atoms with E-state index in [2.05, 4.69) is 17.5 Å². The summed E-state index contributed by atoms with van der Waals surface area (Å²) in [6, 6.07) is 0. The topological polar surface area (TPSA) is 24.4 Å². The van der Waals surface area contributed by atoms with Crippen LogP contribution >= 0.6 is 23.4 Å². The highest BCUT2D eigenvalue weighted by molar-refractivity contribution is 8.17. The van der Waals surface area contributed by atoms with E-state index in [9.17, 15) is 0 Å². The summed E-state index contributed by atoms with van der Waals surface area (Å²) in [6.45, 7) is 2.09. The summed E-state index contributed by atoms with van der Waals surface area (Å²) in [7, 11) is 1.78. The molecule has 1 unspecified atom stereocenters. The number of alkyl halides is 1. The van der Waals surface area contributed by atoms with Crippen molar-refractivity contribution in [3.8, 4) is 0 Å². The van der Waals surface area contributed by atoms with Crippen LogP contribution in [0.25, 0.3) is 0 Å². The molecule has 1 aliphatic rings. The molecule has 1 rings (SSSR count). The summed E-state index contributed by atoms with van der Waals surface area (Å²) in [4.78, 5) is 0. The summed E-state index contributed by atoms with van der Waals surface area (Å²) in [5, 5.41) is 5.63. The Balaban J connectivity index is 2.41. The minimum atomic E-state index is 0.141. The summed E-state index contributed by atoms with van der Waals surface area (Å²) < 4.78 is 0. The van der Waals surface area contributed by atoms with Gasteiger partial charge in [-0.2, -0.15) is 5.10 Å². The Labute approximate surface area is 64.0 Å². The molecule has 2 atom stereocenters. The fourth-order valence-corrected chi connectivity index (χ4v) is 1.88. The van der Waals surface area contributed by atoms with Gasteiger partial charge in [0.2, 0.25) is 0 Å². The number of nitrogens with one attached hydrogen (secondary N) is 1. The first kappa shape index (κ1) is 7.22. The Morgan fingerprint density at radius 3 is 2.78 bits per heavy atom. The third-order valence-electron chi connectivity index (χ3n) is 1.18. The van der Waals surface area contributed by atoms with Gasteiger partial charge in [-0.1, -0.05) is 6.92 Å². The van der Waals surface area contributed by atoms with E-state index in [1.165, 1.54) is 0 Å². The van der Waals surface area contributed by atoms with Gasteiger partial charge in [0.1, 0.15) is 5.04 Å². The van der Waals surface area contributed by atoms with Gasteiger partial charge in [-0.25, -0.2) is 0 Å². The molecule has 0 amide bonds. The van der Waals surface area contributed by atoms with Crippen molar-refractivity contribution in [1.29, 1.82) is 0 Å². The van der Waals surface area contributed by atoms with Gasteiger partial charge >= 0.3 is 0 Å². The van der Waals surface area contributed by atoms with Crippen LogP contribution in [-0.2, 0) is 0 Å². The average molecular weight is 165 g/mol. The number of hydrazone groups is 1. The second-order valence-electron chi connectivity index (χ2n) is 1.90. The Hall–Kier alpha value is 0.110. The van der Waals surface area contributed by atoms with Crippen molar-refractivity contribution in [1.82, 2.24) is 5.43 Å². The first-order chi connectivity index (χ1) is 4.25.